The summed E-state index contributed by atoms with van der Waals surface area (Å²) in [6, 6.07) is 3.84. The first-order chi connectivity index (χ1) is 10.7. The van der Waals surface area contributed by atoms with E-state index in [1.54, 1.807) is 13.8 Å². The molecule has 0 aliphatic rings. The average molecular weight is 402 g/mol. The van der Waals surface area contributed by atoms with Crippen molar-refractivity contribution in [3.8, 4) is 0 Å². The number of carbonyl (C=O) groups excluding carboxylic acids is 3. The maximum absolute atomic E-state index is 11.7. The topological polar surface area (TPSA) is 87.3 Å². The first-order valence-electron chi connectivity index (χ1n) is 7.00. The van der Waals surface area contributed by atoms with Gasteiger partial charge >= 0.3 is 11.8 Å². The smallest absolute Gasteiger partial charge is 0.327 e. The van der Waals surface area contributed by atoms with E-state index in [2.05, 4.69) is 32.1 Å². The zero-order valence-electron chi connectivity index (χ0n) is 13.5. The third-order valence-corrected chi connectivity index (χ3v) is 4.77. The van der Waals surface area contributed by atoms with Crippen molar-refractivity contribution in [3.63, 3.8) is 0 Å². The Labute approximate surface area is 148 Å². The SMILES string of the molecule is Cc1cc(SCC(=O)NNC(=O)C(=O)NC(C)C)c(C)cc1Br. The fourth-order valence-corrected chi connectivity index (χ4v) is 2.96. The van der Waals surface area contributed by atoms with E-state index in [0.29, 0.717) is 0 Å². The monoisotopic (exact) mass is 401 g/mol. The first kappa shape index (κ1) is 19.5. The zero-order chi connectivity index (χ0) is 17.6. The van der Waals surface area contributed by atoms with E-state index >= 15 is 0 Å². The Morgan fingerprint density at radius 1 is 1.09 bits per heavy atom. The van der Waals surface area contributed by atoms with Crippen LogP contribution in [0.3, 0.4) is 0 Å². The molecule has 3 N–H and O–H groups in total. The molecule has 0 bridgehead atoms. The summed E-state index contributed by atoms with van der Waals surface area (Å²) in [6.07, 6.45) is 0. The van der Waals surface area contributed by atoms with Crippen molar-refractivity contribution in [2.75, 3.05) is 5.75 Å². The van der Waals surface area contributed by atoms with Crippen molar-refractivity contribution in [1.82, 2.24) is 16.2 Å². The number of hydrogen-bond acceptors (Lipinski definition) is 4. The van der Waals surface area contributed by atoms with Gasteiger partial charge in [-0.25, -0.2) is 0 Å². The minimum absolute atomic E-state index is 0.133. The van der Waals surface area contributed by atoms with Gasteiger partial charge in [0.05, 0.1) is 5.75 Å². The zero-order valence-corrected chi connectivity index (χ0v) is 15.9. The molecule has 0 spiro atoms. The Hall–Kier alpha value is -1.54. The predicted molar refractivity (Wildman–Crippen MR) is 93.9 cm³/mol. The van der Waals surface area contributed by atoms with Crippen molar-refractivity contribution in [3.05, 3.63) is 27.7 Å². The maximum Gasteiger partial charge on any atom is 0.327 e. The number of amides is 3. The van der Waals surface area contributed by atoms with Crippen LogP contribution in [0.5, 0.6) is 0 Å². The molecule has 1 rings (SSSR count). The van der Waals surface area contributed by atoms with Gasteiger partial charge in [0.1, 0.15) is 0 Å². The number of hydrazine groups is 1. The van der Waals surface area contributed by atoms with Crippen LogP contribution < -0.4 is 16.2 Å². The third kappa shape index (κ3) is 6.62. The molecule has 0 saturated carbocycles. The van der Waals surface area contributed by atoms with Gasteiger partial charge in [0, 0.05) is 15.4 Å². The van der Waals surface area contributed by atoms with E-state index in [-0.39, 0.29) is 17.7 Å². The van der Waals surface area contributed by atoms with Gasteiger partial charge in [-0.15, -0.1) is 11.8 Å². The molecule has 8 heteroatoms. The second kappa shape index (κ2) is 8.93. The van der Waals surface area contributed by atoms with Gasteiger partial charge in [-0.05, 0) is 51.0 Å². The van der Waals surface area contributed by atoms with Crippen LogP contribution in [0, 0.1) is 13.8 Å². The van der Waals surface area contributed by atoms with Crippen molar-refractivity contribution >= 4 is 45.4 Å². The molecule has 23 heavy (non-hydrogen) atoms. The van der Waals surface area contributed by atoms with E-state index in [1.807, 2.05) is 26.0 Å². The largest absolute Gasteiger partial charge is 0.346 e. The second-order valence-corrected chi connectivity index (χ2v) is 7.16. The Morgan fingerprint density at radius 2 is 1.74 bits per heavy atom. The van der Waals surface area contributed by atoms with Gasteiger partial charge in [-0.2, -0.15) is 0 Å². The Balaban J connectivity index is 2.45. The molecule has 1 aromatic carbocycles. The molecule has 126 valence electrons. The van der Waals surface area contributed by atoms with Crippen LogP contribution in [-0.2, 0) is 14.4 Å². The summed E-state index contributed by atoms with van der Waals surface area (Å²) in [7, 11) is 0. The summed E-state index contributed by atoms with van der Waals surface area (Å²) in [5, 5.41) is 2.43. The molecule has 0 fully saturated rings. The summed E-state index contributed by atoms with van der Waals surface area (Å²) in [5.74, 6) is -1.94. The third-order valence-electron chi connectivity index (χ3n) is 2.76. The molecule has 0 aliphatic heterocycles. The minimum atomic E-state index is -0.896. The molecule has 0 unspecified atom stereocenters. The van der Waals surface area contributed by atoms with Crippen LogP contribution in [0.1, 0.15) is 25.0 Å². The summed E-state index contributed by atoms with van der Waals surface area (Å²) < 4.78 is 1.02. The highest BCUT2D eigenvalue weighted by Gasteiger charge is 2.15. The number of halogens is 1. The van der Waals surface area contributed by atoms with Crippen LogP contribution in [0.4, 0.5) is 0 Å². The highest BCUT2D eigenvalue weighted by Crippen LogP contribution is 2.28. The number of rotatable bonds is 4. The quantitative estimate of drug-likeness (QED) is 0.408. The normalized spacial score (nSPS) is 10.3. The van der Waals surface area contributed by atoms with Crippen molar-refractivity contribution in [2.45, 2.75) is 38.6 Å². The summed E-state index contributed by atoms with van der Waals surface area (Å²) in [6.45, 7) is 7.41. The lowest BCUT2D eigenvalue weighted by Crippen LogP contribution is -2.50. The number of carbonyl (C=O) groups is 3. The van der Waals surface area contributed by atoms with E-state index < -0.39 is 11.8 Å². The summed E-state index contributed by atoms with van der Waals surface area (Å²) in [4.78, 5) is 35.6. The minimum Gasteiger partial charge on any atom is -0.346 e. The molecule has 1 aromatic rings. The van der Waals surface area contributed by atoms with E-state index in [0.717, 1.165) is 20.5 Å². The van der Waals surface area contributed by atoms with E-state index in [4.69, 9.17) is 0 Å². The highest BCUT2D eigenvalue weighted by molar-refractivity contribution is 9.10. The molecule has 0 aromatic heterocycles. The van der Waals surface area contributed by atoms with Gasteiger partial charge in [-0.3, -0.25) is 25.2 Å². The molecule has 0 saturated heterocycles. The van der Waals surface area contributed by atoms with Crippen molar-refractivity contribution in [2.24, 2.45) is 0 Å². The van der Waals surface area contributed by atoms with Crippen LogP contribution in [-0.4, -0.2) is 29.5 Å². The van der Waals surface area contributed by atoms with Gasteiger partial charge < -0.3 is 5.32 Å². The fourth-order valence-electron chi connectivity index (χ4n) is 1.60. The van der Waals surface area contributed by atoms with Crippen LogP contribution in [0.15, 0.2) is 21.5 Å². The lowest BCUT2D eigenvalue weighted by atomic mass is 10.2. The second-order valence-electron chi connectivity index (χ2n) is 5.29. The molecular weight excluding hydrogens is 382 g/mol. The fraction of sp³-hybridized carbons (Fsp3) is 0.400. The number of hydrogen-bond donors (Lipinski definition) is 3. The number of nitrogens with one attached hydrogen (secondary N) is 3. The number of aryl methyl sites for hydroxylation is 2. The molecule has 3 amide bonds. The van der Waals surface area contributed by atoms with E-state index in [9.17, 15) is 14.4 Å². The van der Waals surface area contributed by atoms with Crippen LogP contribution in [0.2, 0.25) is 0 Å². The molecule has 0 aliphatic carbocycles. The Morgan fingerprint density at radius 3 is 2.35 bits per heavy atom. The van der Waals surface area contributed by atoms with Crippen LogP contribution in [0.25, 0.3) is 0 Å². The first-order valence-corrected chi connectivity index (χ1v) is 8.77. The maximum atomic E-state index is 11.7. The Kier molecular flexibility index (Phi) is 7.57. The standard InChI is InChI=1S/C15H20BrN3O3S/c1-8(2)17-14(21)15(22)19-18-13(20)7-23-12-6-9(3)11(16)5-10(12)4/h5-6,8H,7H2,1-4H3,(H,17,21)(H,18,20)(H,19,22). The molecule has 0 radical (unpaired) electrons. The van der Waals surface area contributed by atoms with Gasteiger partial charge in [0.15, 0.2) is 0 Å². The number of thioether (sulfide) groups is 1. The molecular formula is C15H20BrN3O3S. The van der Waals surface area contributed by atoms with Gasteiger partial charge in [-0.1, -0.05) is 15.9 Å². The summed E-state index contributed by atoms with van der Waals surface area (Å²) in [5.41, 5.74) is 6.45. The summed E-state index contributed by atoms with van der Waals surface area (Å²) >= 11 is 4.82. The Bertz CT molecular complexity index is 620. The highest BCUT2D eigenvalue weighted by atomic mass is 79.9. The number of benzene rings is 1. The van der Waals surface area contributed by atoms with Crippen molar-refractivity contribution in [1.29, 1.82) is 0 Å². The van der Waals surface area contributed by atoms with Crippen molar-refractivity contribution < 1.29 is 14.4 Å². The molecule has 0 heterocycles. The lowest BCUT2D eigenvalue weighted by Gasteiger charge is -2.11. The molecule has 6 nitrogen and oxygen atoms in total. The predicted octanol–water partition coefficient (Wildman–Crippen LogP) is 1.83. The van der Waals surface area contributed by atoms with Gasteiger partial charge in [0.2, 0.25) is 5.91 Å². The lowest BCUT2D eigenvalue weighted by molar-refractivity contribution is -0.141. The van der Waals surface area contributed by atoms with E-state index in [1.165, 1.54) is 11.8 Å². The average Bonchev–Trinajstić information content (AvgIpc) is 2.46. The van der Waals surface area contributed by atoms with Crippen LogP contribution >= 0.6 is 27.7 Å². The molecule has 0 atom stereocenters. The van der Waals surface area contributed by atoms with Gasteiger partial charge in [0.25, 0.3) is 0 Å².